The highest BCUT2D eigenvalue weighted by molar-refractivity contribution is 6.33. The van der Waals surface area contributed by atoms with Gasteiger partial charge in [0.25, 0.3) is 5.89 Å². The Morgan fingerprint density at radius 2 is 2.30 bits per heavy atom. The van der Waals surface area contributed by atoms with Crippen molar-refractivity contribution in [3.63, 3.8) is 0 Å². The summed E-state index contributed by atoms with van der Waals surface area (Å²) in [6, 6.07) is 7.97. The highest BCUT2D eigenvalue weighted by Gasteiger charge is 2.20. The summed E-state index contributed by atoms with van der Waals surface area (Å²) in [5.74, 6) is 1.18. The van der Waals surface area contributed by atoms with E-state index in [0.717, 1.165) is 25.2 Å². The van der Waals surface area contributed by atoms with Gasteiger partial charge in [0.15, 0.2) is 5.82 Å². The second kappa shape index (κ2) is 5.91. The average molecular weight is 293 g/mol. The predicted octanol–water partition coefficient (Wildman–Crippen LogP) is 2.18. The lowest BCUT2D eigenvalue weighted by Crippen LogP contribution is -2.49. The molecular weight excluding hydrogens is 276 g/mol. The molecule has 1 aliphatic heterocycles. The molecule has 0 spiro atoms. The number of nitrogens with zero attached hydrogens (tertiary/aromatic N) is 3. The number of aromatic nitrogens is 2. The zero-order chi connectivity index (χ0) is 13.9. The molecule has 1 fully saturated rings. The van der Waals surface area contributed by atoms with Gasteiger partial charge in [0, 0.05) is 25.7 Å². The number of halogens is 1. The molecule has 1 aliphatic rings. The first-order valence-corrected chi connectivity index (χ1v) is 7.14. The van der Waals surface area contributed by atoms with Crippen molar-refractivity contribution in [2.75, 3.05) is 19.6 Å². The second-order valence-electron chi connectivity index (χ2n) is 5.02. The van der Waals surface area contributed by atoms with Gasteiger partial charge >= 0.3 is 0 Å². The molecular formula is C14H17ClN4O. The van der Waals surface area contributed by atoms with Crippen molar-refractivity contribution in [2.45, 2.75) is 19.5 Å². The summed E-state index contributed by atoms with van der Waals surface area (Å²) in [4.78, 5) is 6.79. The number of hydrogen-bond donors (Lipinski definition) is 1. The van der Waals surface area contributed by atoms with E-state index in [-0.39, 0.29) is 0 Å². The van der Waals surface area contributed by atoms with Gasteiger partial charge in [-0.3, -0.25) is 4.90 Å². The number of piperazine rings is 1. The molecule has 2 aromatic rings. The average Bonchev–Trinajstić information content (AvgIpc) is 2.90. The van der Waals surface area contributed by atoms with Gasteiger partial charge < -0.3 is 9.84 Å². The zero-order valence-electron chi connectivity index (χ0n) is 11.3. The van der Waals surface area contributed by atoms with Crippen LogP contribution in [0.15, 0.2) is 28.8 Å². The Labute approximate surface area is 122 Å². The minimum atomic E-state index is 0.478. The van der Waals surface area contributed by atoms with E-state index in [0.29, 0.717) is 29.3 Å². The van der Waals surface area contributed by atoms with Gasteiger partial charge in [0.1, 0.15) is 0 Å². The molecule has 1 atom stereocenters. The van der Waals surface area contributed by atoms with Crippen LogP contribution in [0.25, 0.3) is 11.5 Å². The summed E-state index contributed by atoms with van der Waals surface area (Å²) in [5, 5.41) is 8.04. The highest BCUT2D eigenvalue weighted by Crippen LogP contribution is 2.26. The van der Waals surface area contributed by atoms with Crippen molar-refractivity contribution in [2.24, 2.45) is 0 Å². The van der Waals surface area contributed by atoms with Crippen LogP contribution in [0, 0.1) is 0 Å². The van der Waals surface area contributed by atoms with E-state index in [1.807, 2.05) is 24.3 Å². The van der Waals surface area contributed by atoms with E-state index in [9.17, 15) is 0 Å². The van der Waals surface area contributed by atoms with E-state index >= 15 is 0 Å². The van der Waals surface area contributed by atoms with E-state index < -0.39 is 0 Å². The normalized spacial score (nSPS) is 20.2. The molecule has 3 rings (SSSR count). The highest BCUT2D eigenvalue weighted by atomic mass is 35.5. The number of nitrogens with one attached hydrogen (secondary N) is 1. The summed E-state index contributed by atoms with van der Waals surface area (Å²) < 4.78 is 5.32. The summed E-state index contributed by atoms with van der Waals surface area (Å²) in [5.41, 5.74) is 0.779. The van der Waals surface area contributed by atoms with Crippen LogP contribution >= 0.6 is 11.6 Å². The topological polar surface area (TPSA) is 54.2 Å². The van der Waals surface area contributed by atoms with Crippen LogP contribution in [0.5, 0.6) is 0 Å². The largest absolute Gasteiger partial charge is 0.334 e. The van der Waals surface area contributed by atoms with Crippen LogP contribution in [-0.4, -0.2) is 40.7 Å². The third-order valence-electron chi connectivity index (χ3n) is 3.56. The molecule has 106 valence electrons. The summed E-state index contributed by atoms with van der Waals surface area (Å²) >= 11 is 6.14. The van der Waals surface area contributed by atoms with Gasteiger partial charge in [-0.15, -0.1) is 0 Å². The Balaban J connectivity index is 1.75. The molecule has 5 nitrogen and oxygen atoms in total. The first-order chi connectivity index (χ1) is 9.74. The van der Waals surface area contributed by atoms with Gasteiger partial charge in [-0.05, 0) is 19.1 Å². The van der Waals surface area contributed by atoms with Crippen molar-refractivity contribution in [3.8, 4) is 11.5 Å². The van der Waals surface area contributed by atoms with E-state index in [4.69, 9.17) is 16.1 Å². The van der Waals surface area contributed by atoms with Gasteiger partial charge in [-0.1, -0.05) is 28.9 Å². The third kappa shape index (κ3) is 2.85. The third-order valence-corrected chi connectivity index (χ3v) is 3.89. The van der Waals surface area contributed by atoms with Crippen LogP contribution < -0.4 is 5.32 Å². The zero-order valence-corrected chi connectivity index (χ0v) is 12.1. The molecule has 6 heteroatoms. The van der Waals surface area contributed by atoms with E-state index in [1.165, 1.54) is 0 Å². The maximum atomic E-state index is 6.14. The molecule has 1 aromatic carbocycles. The summed E-state index contributed by atoms with van der Waals surface area (Å²) in [6.07, 6.45) is 0. The van der Waals surface area contributed by atoms with Gasteiger partial charge in [0.2, 0.25) is 0 Å². The molecule has 1 unspecified atom stereocenters. The molecule has 2 heterocycles. The molecule has 0 aliphatic carbocycles. The molecule has 0 bridgehead atoms. The Hall–Kier alpha value is -1.43. The van der Waals surface area contributed by atoms with Crippen molar-refractivity contribution < 1.29 is 4.52 Å². The Morgan fingerprint density at radius 1 is 1.45 bits per heavy atom. The monoisotopic (exact) mass is 292 g/mol. The second-order valence-corrected chi connectivity index (χ2v) is 5.43. The lowest BCUT2D eigenvalue weighted by atomic mass is 10.2. The molecule has 0 saturated carbocycles. The van der Waals surface area contributed by atoms with Crippen molar-refractivity contribution in [3.05, 3.63) is 35.1 Å². The Bertz CT molecular complexity index is 586. The number of rotatable bonds is 3. The van der Waals surface area contributed by atoms with Crippen LogP contribution in [-0.2, 0) is 6.54 Å². The standard InChI is InChI=1S/C14H17ClN4O/c1-10-8-16-6-7-19(10)9-13-17-14(20-18-13)11-4-2-3-5-12(11)15/h2-5,10,16H,6-9H2,1H3. The smallest absolute Gasteiger partial charge is 0.259 e. The molecule has 1 N–H and O–H groups in total. The summed E-state index contributed by atoms with van der Waals surface area (Å²) in [7, 11) is 0. The van der Waals surface area contributed by atoms with Crippen molar-refractivity contribution >= 4 is 11.6 Å². The quantitative estimate of drug-likeness (QED) is 0.940. The van der Waals surface area contributed by atoms with Crippen LogP contribution in [0.3, 0.4) is 0 Å². The van der Waals surface area contributed by atoms with Crippen LogP contribution in [0.1, 0.15) is 12.7 Å². The van der Waals surface area contributed by atoms with Gasteiger partial charge in [-0.2, -0.15) is 4.98 Å². The van der Waals surface area contributed by atoms with E-state index in [2.05, 4.69) is 27.3 Å². The molecule has 1 aromatic heterocycles. The molecule has 0 amide bonds. The Kier molecular flexibility index (Phi) is 4.00. The first kappa shape index (κ1) is 13.5. The van der Waals surface area contributed by atoms with Crippen LogP contribution in [0.4, 0.5) is 0 Å². The fraction of sp³-hybridized carbons (Fsp3) is 0.429. The summed E-state index contributed by atoms with van der Waals surface area (Å²) in [6.45, 7) is 5.89. The minimum absolute atomic E-state index is 0.478. The van der Waals surface area contributed by atoms with E-state index in [1.54, 1.807) is 0 Å². The van der Waals surface area contributed by atoms with Crippen molar-refractivity contribution in [1.82, 2.24) is 20.4 Å². The molecule has 20 heavy (non-hydrogen) atoms. The minimum Gasteiger partial charge on any atom is -0.334 e. The predicted molar refractivity (Wildman–Crippen MR) is 77.5 cm³/mol. The molecule has 1 saturated heterocycles. The van der Waals surface area contributed by atoms with Gasteiger partial charge in [-0.25, -0.2) is 0 Å². The fourth-order valence-corrected chi connectivity index (χ4v) is 2.58. The lowest BCUT2D eigenvalue weighted by molar-refractivity contribution is 0.160. The maximum Gasteiger partial charge on any atom is 0.259 e. The molecule has 0 radical (unpaired) electrons. The maximum absolute atomic E-state index is 6.14. The number of benzene rings is 1. The van der Waals surface area contributed by atoms with Gasteiger partial charge in [0.05, 0.1) is 17.1 Å². The fourth-order valence-electron chi connectivity index (χ4n) is 2.36. The number of hydrogen-bond acceptors (Lipinski definition) is 5. The lowest BCUT2D eigenvalue weighted by Gasteiger charge is -2.32. The SMILES string of the molecule is CC1CNCCN1Cc1noc(-c2ccccc2Cl)n1. The van der Waals surface area contributed by atoms with Crippen LogP contribution in [0.2, 0.25) is 5.02 Å². The first-order valence-electron chi connectivity index (χ1n) is 6.76. The van der Waals surface area contributed by atoms with Crippen molar-refractivity contribution in [1.29, 1.82) is 0 Å². The Morgan fingerprint density at radius 3 is 3.10 bits per heavy atom.